The first kappa shape index (κ1) is 22.9. The normalized spacial score (nSPS) is 11.7. The van der Waals surface area contributed by atoms with Crippen molar-refractivity contribution in [1.29, 1.82) is 0 Å². The summed E-state index contributed by atoms with van der Waals surface area (Å²) < 4.78 is 11.7. The molecule has 0 aliphatic heterocycles. The van der Waals surface area contributed by atoms with Crippen LogP contribution in [0.1, 0.15) is 13.8 Å². The van der Waals surface area contributed by atoms with E-state index in [0.29, 0.717) is 5.55 Å². The number of rotatable bonds is 7. The summed E-state index contributed by atoms with van der Waals surface area (Å²) >= 11 is 1.59. The van der Waals surface area contributed by atoms with Crippen molar-refractivity contribution in [2.24, 2.45) is 4.99 Å². The van der Waals surface area contributed by atoms with Crippen LogP contribution in [0.15, 0.2) is 93.7 Å². The van der Waals surface area contributed by atoms with Gasteiger partial charge in [-0.15, -0.1) is 11.3 Å². The molecule has 0 amide bonds. The van der Waals surface area contributed by atoms with Crippen LogP contribution in [0.25, 0.3) is 32.8 Å². The predicted molar refractivity (Wildman–Crippen MR) is 145 cm³/mol. The quantitative estimate of drug-likeness (QED) is 0.245. The molecule has 0 aliphatic carbocycles. The fraction of sp³-hybridized carbons (Fsp3) is 0.172. The van der Waals surface area contributed by atoms with Crippen LogP contribution in [0.3, 0.4) is 0 Å². The Morgan fingerprint density at radius 1 is 0.943 bits per heavy atom. The molecule has 0 fully saturated rings. The van der Waals surface area contributed by atoms with Gasteiger partial charge in [-0.05, 0) is 56.3 Å². The van der Waals surface area contributed by atoms with Crippen LogP contribution in [-0.2, 0) is 0 Å². The van der Waals surface area contributed by atoms with Gasteiger partial charge in [0, 0.05) is 41.2 Å². The first-order valence-electron chi connectivity index (χ1n) is 11.7. The molecule has 35 heavy (non-hydrogen) atoms. The highest BCUT2D eigenvalue weighted by atomic mass is 32.1. The maximum atomic E-state index is 6.44. The van der Waals surface area contributed by atoms with Crippen LogP contribution in [0.5, 0.6) is 5.75 Å². The number of thiazole rings is 1. The summed E-state index contributed by atoms with van der Waals surface area (Å²) in [5, 5.41) is 3.96. The van der Waals surface area contributed by atoms with Gasteiger partial charge in [-0.25, -0.2) is 9.98 Å². The van der Waals surface area contributed by atoms with Gasteiger partial charge >= 0.3 is 0 Å². The molecule has 0 saturated heterocycles. The van der Waals surface area contributed by atoms with Crippen molar-refractivity contribution >= 4 is 33.7 Å². The van der Waals surface area contributed by atoms with E-state index in [2.05, 4.69) is 60.5 Å². The third kappa shape index (κ3) is 4.84. The monoisotopic (exact) mass is 481 g/mol. The zero-order chi connectivity index (χ0) is 24.2. The number of fused-ring (bicyclic) bond motifs is 1. The Balaban J connectivity index is 1.67. The zero-order valence-electron chi connectivity index (χ0n) is 20.1. The Bertz CT molecular complexity index is 1500. The highest BCUT2D eigenvalue weighted by Crippen LogP contribution is 2.30. The first-order valence-corrected chi connectivity index (χ1v) is 12.6. The molecule has 0 aliphatic rings. The standard InChI is InChI=1S/C29H27N3O2S/c1-4-32(5-2)23-14-11-21-17-25(29-31-26(19-35-29)20-9-7-6-8-10-20)28(34-27(21)18-23)30-22-12-15-24(33-3)16-13-22/h6-19H,4-5H2,1-3H3. The molecular weight excluding hydrogens is 454 g/mol. The van der Waals surface area contributed by atoms with E-state index in [-0.39, 0.29) is 0 Å². The first-order chi connectivity index (χ1) is 17.2. The van der Waals surface area contributed by atoms with E-state index in [9.17, 15) is 0 Å². The van der Waals surface area contributed by atoms with Crippen LogP contribution in [-0.4, -0.2) is 25.2 Å². The largest absolute Gasteiger partial charge is 0.497 e. The SMILES string of the molecule is CCN(CC)c1ccc2cc(-c3nc(-c4ccccc4)cs3)c(=Nc3ccc(OC)cc3)oc2c1. The summed E-state index contributed by atoms with van der Waals surface area (Å²) in [6.45, 7) is 6.19. The summed E-state index contributed by atoms with van der Waals surface area (Å²) in [4.78, 5) is 12.1. The molecule has 3 aromatic carbocycles. The van der Waals surface area contributed by atoms with Crippen molar-refractivity contribution in [3.05, 3.63) is 89.8 Å². The van der Waals surface area contributed by atoms with Gasteiger partial charge in [0.1, 0.15) is 16.3 Å². The number of benzene rings is 3. The van der Waals surface area contributed by atoms with Gasteiger partial charge in [0.05, 0.1) is 24.1 Å². The zero-order valence-corrected chi connectivity index (χ0v) is 20.9. The fourth-order valence-electron chi connectivity index (χ4n) is 4.04. The molecule has 0 saturated carbocycles. The summed E-state index contributed by atoms with van der Waals surface area (Å²) in [5.74, 6) is 0.788. The summed E-state index contributed by atoms with van der Waals surface area (Å²) in [6.07, 6.45) is 0. The summed E-state index contributed by atoms with van der Waals surface area (Å²) in [7, 11) is 1.66. The second-order valence-electron chi connectivity index (χ2n) is 8.07. The number of hydrogen-bond acceptors (Lipinski definition) is 6. The van der Waals surface area contributed by atoms with Gasteiger partial charge in [-0.1, -0.05) is 30.3 Å². The maximum Gasteiger partial charge on any atom is 0.230 e. The van der Waals surface area contributed by atoms with E-state index < -0.39 is 0 Å². The van der Waals surface area contributed by atoms with Gasteiger partial charge in [-0.3, -0.25) is 0 Å². The topological polar surface area (TPSA) is 50.9 Å². The molecule has 2 aromatic heterocycles. The Kier molecular flexibility index (Phi) is 6.64. The van der Waals surface area contributed by atoms with E-state index >= 15 is 0 Å². The Morgan fingerprint density at radius 2 is 1.71 bits per heavy atom. The van der Waals surface area contributed by atoms with Crippen LogP contribution in [0.2, 0.25) is 0 Å². The lowest BCUT2D eigenvalue weighted by Crippen LogP contribution is -2.21. The van der Waals surface area contributed by atoms with Crippen molar-refractivity contribution in [1.82, 2.24) is 4.98 Å². The van der Waals surface area contributed by atoms with Crippen molar-refractivity contribution in [3.63, 3.8) is 0 Å². The molecule has 0 N–H and O–H groups in total. The molecule has 5 nitrogen and oxygen atoms in total. The fourth-order valence-corrected chi connectivity index (χ4v) is 4.88. The number of hydrogen-bond donors (Lipinski definition) is 0. The lowest BCUT2D eigenvalue weighted by Gasteiger charge is -2.21. The van der Waals surface area contributed by atoms with Gasteiger partial charge in [-0.2, -0.15) is 0 Å². The molecule has 0 radical (unpaired) electrons. The molecule has 5 aromatic rings. The highest BCUT2D eigenvalue weighted by molar-refractivity contribution is 7.13. The van der Waals surface area contributed by atoms with Gasteiger partial charge in [0.15, 0.2) is 0 Å². The molecular formula is C29H27N3O2S. The minimum absolute atomic E-state index is 0.535. The highest BCUT2D eigenvalue weighted by Gasteiger charge is 2.13. The van der Waals surface area contributed by atoms with E-state index in [1.54, 1.807) is 18.4 Å². The van der Waals surface area contributed by atoms with Gasteiger partial charge in [0.2, 0.25) is 5.55 Å². The molecule has 2 heterocycles. The van der Waals surface area contributed by atoms with Crippen LogP contribution in [0, 0.1) is 0 Å². The van der Waals surface area contributed by atoms with E-state index in [0.717, 1.165) is 63.0 Å². The smallest absolute Gasteiger partial charge is 0.230 e. The average Bonchev–Trinajstić information content (AvgIpc) is 3.40. The number of nitrogens with zero attached hydrogens (tertiary/aromatic N) is 3. The van der Waals surface area contributed by atoms with E-state index in [4.69, 9.17) is 19.1 Å². The molecule has 6 heteroatoms. The van der Waals surface area contributed by atoms with Crippen LogP contribution < -0.4 is 15.2 Å². The molecule has 0 bridgehead atoms. The lowest BCUT2D eigenvalue weighted by atomic mass is 10.1. The maximum absolute atomic E-state index is 6.44. The number of anilines is 1. The molecule has 5 rings (SSSR count). The summed E-state index contributed by atoms with van der Waals surface area (Å²) in [6, 6.07) is 26.3. The molecule has 0 spiro atoms. The lowest BCUT2D eigenvalue weighted by molar-refractivity contribution is 0.415. The van der Waals surface area contributed by atoms with Crippen LogP contribution >= 0.6 is 11.3 Å². The molecule has 0 atom stereocenters. The van der Waals surface area contributed by atoms with E-state index in [1.165, 1.54) is 0 Å². The van der Waals surface area contributed by atoms with Crippen molar-refractivity contribution in [2.75, 3.05) is 25.1 Å². The molecule has 0 unspecified atom stereocenters. The Morgan fingerprint density at radius 3 is 2.43 bits per heavy atom. The predicted octanol–water partition coefficient (Wildman–Crippen LogP) is 7.31. The minimum Gasteiger partial charge on any atom is -0.497 e. The Labute approximate surface area is 209 Å². The van der Waals surface area contributed by atoms with Crippen molar-refractivity contribution in [3.8, 4) is 27.6 Å². The van der Waals surface area contributed by atoms with Crippen molar-refractivity contribution in [2.45, 2.75) is 13.8 Å². The summed E-state index contributed by atoms with van der Waals surface area (Å²) in [5.41, 5.74) is 6.16. The second kappa shape index (κ2) is 10.2. The average molecular weight is 482 g/mol. The third-order valence-electron chi connectivity index (χ3n) is 5.97. The van der Waals surface area contributed by atoms with Crippen LogP contribution in [0.4, 0.5) is 11.4 Å². The Hall–Kier alpha value is -3.90. The second-order valence-corrected chi connectivity index (χ2v) is 8.93. The molecule has 176 valence electrons. The number of methoxy groups -OCH3 is 1. The minimum atomic E-state index is 0.535. The number of aromatic nitrogens is 1. The van der Waals surface area contributed by atoms with Gasteiger partial charge < -0.3 is 14.1 Å². The number of ether oxygens (including phenoxy) is 1. The van der Waals surface area contributed by atoms with Gasteiger partial charge in [0.25, 0.3) is 0 Å². The van der Waals surface area contributed by atoms with E-state index in [1.807, 2.05) is 42.5 Å². The van der Waals surface area contributed by atoms with Crippen molar-refractivity contribution < 1.29 is 9.15 Å². The third-order valence-corrected chi connectivity index (χ3v) is 6.85.